The van der Waals surface area contributed by atoms with Crippen molar-refractivity contribution in [1.82, 2.24) is 4.90 Å². The quantitative estimate of drug-likeness (QED) is 0.802. The first kappa shape index (κ1) is 14.0. The lowest BCUT2D eigenvalue weighted by molar-refractivity contribution is -0.178. The second-order valence-electron chi connectivity index (χ2n) is 6.01. The van der Waals surface area contributed by atoms with E-state index in [0.717, 1.165) is 11.1 Å². The summed E-state index contributed by atoms with van der Waals surface area (Å²) < 4.78 is 5.53. The number of carbonyl (C=O) groups is 2. The van der Waals surface area contributed by atoms with Crippen LogP contribution in [-0.4, -0.2) is 23.4 Å². The van der Waals surface area contributed by atoms with Gasteiger partial charge in [-0.05, 0) is 17.5 Å². The number of carbonyl (C=O) groups excluding carboxylic acids is 2. The molecule has 0 spiro atoms. The number of hydrogen-bond acceptors (Lipinski definition) is 3. The second kappa shape index (κ2) is 5.23. The first-order valence-corrected chi connectivity index (χ1v) is 7.83. The summed E-state index contributed by atoms with van der Waals surface area (Å²) in [4.78, 5) is 27.1. The Balaban J connectivity index is 1.86. The van der Waals surface area contributed by atoms with Crippen molar-refractivity contribution in [3.63, 3.8) is 0 Å². The fourth-order valence-corrected chi connectivity index (χ4v) is 3.77. The van der Waals surface area contributed by atoms with Gasteiger partial charge in [0.1, 0.15) is 6.61 Å². The summed E-state index contributed by atoms with van der Waals surface area (Å²) in [5, 5.41) is 0. The molecule has 0 bridgehead atoms. The maximum absolute atomic E-state index is 12.7. The SMILES string of the molecule is O=C1CC[C@@]2(c3ccccc3)C(=O)OC[C@@H](c3ccccc3)N12. The molecule has 4 heteroatoms. The van der Waals surface area contributed by atoms with Crippen molar-refractivity contribution in [3.8, 4) is 0 Å². The molecule has 0 aliphatic carbocycles. The number of fused-ring (bicyclic) bond motifs is 1. The zero-order valence-electron chi connectivity index (χ0n) is 12.6. The van der Waals surface area contributed by atoms with E-state index in [1.807, 2.05) is 60.7 Å². The minimum atomic E-state index is -0.989. The number of esters is 1. The monoisotopic (exact) mass is 307 g/mol. The van der Waals surface area contributed by atoms with E-state index in [1.165, 1.54) is 0 Å². The van der Waals surface area contributed by atoms with Gasteiger partial charge in [0.25, 0.3) is 0 Å². The predicted molar refractivity (Wildman–Crippen MR) is 84.3 cm³/mol. The normalized spacial score (nSPS) is 26.8. The van der Waals surface area contributed by atoms with Crippen LogP contribution in [0.2, 0.25) is 0 Å². The van der Waals surface area contributed by atoms with E-state index in [4.69, 9.17) is 4.74 Å². The molecule has 1 amide bonds. The lowest BCUT2D eigenvalue weighted by Gasteiger charge is -2.45. The van der Waals surface area contributed by atoms with Gasteiger partial charge in [-0.2, -0.15) is 0 Å². The number of morpholine rings is 1. The number of benzene rings is 2. The van der Waals surface area contributed by atoms with Crippen LogP contribution in [-0.2, 0) is 19.9 Å². The average Bonchev–Trinajstić information content (AvgIpc) is 2.97. The van der Waals surface area contributed by atoms with E-state index >= 15 is 0 Å². The Morgan fingerprint density at radius 2 is 1.61 bits per heavy atom. The topological polar surface area (TPSA) is 46.6 Å². The van der Waals surface area contributed by atoms with Gasteiger partial charge in [0.2, 0.25) is 5.91 Å². The van der Waals surface area contributed by atoms with Crippen LogP contribution in [0, 0.1) is 0 Å². The molecule has 2 fully saturated rings. The van der Waals surface area contributed by atoms with Crippen molar-refractivity contribution >= 4 is 11.9 Å². The van der Waals surface area contributed by atoms with Crippen molar-refractivity contribution in [2.24, 2.45) is 0 Å². The summed E-state index contributed by atoms with van der Waals surface area (Å²) in [6.45, 7) is 0.211. The van der Waals surface area contributed by atoms with Crippen molar-refractivity contribution in [2.45, 2.75) is 24.4 Å². The molecule has 2 atom stereocenters. The molecule has 4 nitrogen and oxygen atoms in total. The Labute approximate surface area is 134 Å². The summed E-state index contributed by atoms with van der Waals surface area (Å²) in [5.41, 5.74) is 0.837. The summed E-state index contributed by atoms with van der Waals surface area (Å²) >= 11 is 0. The van der Waals surface area contributed by atoms with Gasteiger partial charge in [-0.25, -0.2) is 4.79 Å². The molecule has 0 radical (unpaired) electrons. The summed E-state index contributed by atoms with van der Waals surface area (Å²) in [7, 11) is 0. The molecule has 116 valence electrons. The summed E-state index contributed by atoms with van der Waals surface area (Å²) in [6.07, 6.45) is 0.839. The molecule has 2 saturated heterocycles. The summed E-state index contributed by atoms with van der Waals surface area (Å²) in [6, 6.07) is 19.0. The number of ether oxygens (including phenoxy) is 1. The fraction of sp³-hybridized carbons (Fsp3) is 0.263. The van der Waals surface area contributed by atoms with E-state index in [1.54, 1.807) is 4.90 Å². The maximum atomic E-state index is 12.7. The van der Waals surface area contributed by atoms with Crippen molar-refractivity contribution in [1.29, 1.82) is 0 Å². The minimum Gasteiger partial charge on any atom is -0.461 e. The second-order valence-corrected chi connectivity index (χ2v) is 6.01. The van der Waals surface area contributed by atoms with Gasteiger partial charge < -0.3 is 9.64 Å². The Morgan fingerprint density at radius 3 is 2.30 bits per heavy atom. The van der Waals surface area contributed by atoms with Gasteiger partial charge in [-0.15, -0.1) is 0 Å². The Kier molecular flexibility index (Phi) is 3.18. The zero-order valence-corrected chi connectivity index (χ0v) is 12.6. The average molecular weight is 307 g/mol. The molecule has 4 rings (SSSR count). The van der Waals surface area contributed by atoms with E-state index in [9.17, 15) is 9.59 Å². The van der Waals surface area contributed by atoms with Crippen LogP contribution in [0.25, 0.3) is 0 Å². The van der Waals surface area contributed by atoms with Gasteiger partial charge in [-0.3, -0.25) is 4.79 Å². The highest BCUT2D eigenvalue weighted by molar-refractivity contribution is 5.94. The molecule has 0 aromatic heterocycles. The fourth-order valence-electron chi connectivity index (χ4n) is 3.77. The molecule has 0 saturated carbocycles. The lowest BCUT2D eigenvalue weighted by atomic mass is 9.84. The Bertz CT molecular complexity index is 744. The number of amides is 1. The minimum absolute atomic E-state index is 0.0133. The molecule has 0 unspecified atom stereocenters. The van der Waals surface area contributed by atoms with Crippen LogP contribution < -0.4 is 0 Å². The highest BCUT2D eigenvalue weighted by Crippen LogP contribution is 2.48. The van der Waals surface area contributed by atoms with Crippen LogP contribution in [0.5, 0.6) is 0 Å². The highest BCUT2D eigenvalue weighted by Gasteiger charge is 2.58. The van der Waals surface area contributed by atoms with Gasteiger partial charge in [0, 0.05) is 6.42 Å². The maximum Gasteiger partial charge on any atom is 0.336 e. The van der Waals surface area contributed by atoms with Crippen LogP contribution in [0.15, 0.2) is 60.7 Å². The van der Waals surface area contributed by atoms with E-state index in [0.29, 0.717) is 12.8 Å². The largest absolute Gasteiger partial charge is 0.461 e. The van der Waals surface area contributed by atoms with Gasteiger partial charge in [0.05, 0.1) is 6.04 Å². The van der Waals surface area contributed by atoms with Crippen molar-refractivity contribution in [3.05, 3.63) is 71.8 Å². The van der Waals surface area contributed by atoms with Crippen LogP contribution in [0.4, 0.5) is 0 Å². The molecular formula is C19H17NO3. The third-order valence-corrected chi connectivity index (χ3v) is 4.84. The van der Waals surface area contributed by atoms with Crippen LogP contribution in [0.3, 0.4) is 0 Å². The molecule has 2 aliphatic rings. The molecule has 2 aromatic carbocycles. The smallest absolute Gasteiger partial charge is 0.336 e. The number of hydrogen-bond donors (Lipinski definition) is 0. The Morgan fingerprint density at radius 1 is 0.957 bits per heavy atom. The highest BCUT2D eigenvalue weighted by atomic mass is 16.5. The molecular weight excluding hydrogens is 290 g/mol. The molecule has 23 heavy (non-hydrogen) atoms. The molecule has 0 N–H and O–H groups in total. The van der Waals surface area contributed by atoms with Gasteiger partial charge >= 0.3 is 5.97 Å². The van der Waals surface area contributed by atoms with E-state index in [2.05, 4.69) is 0 Å². The lowest BCUT2D eigenvalue weighted by Crippen LogP contribution is -2.56. The number of nitrogens with zero attached hydrogens (tertiary/aromatic N) is 1. The standard InChI is InChI=1S/C19H17NO3/c21-17-11-12-19(15-9-5-2-6-10-15)18(22)23-13-16(20(17)19)14-7-3-1-4-8-14/h1-10,16H,11-13H2/t16-,19+/m0/s1. The van der Waals surface area contributed by atoms with E-state index < -0.39 is 5.54 Å². The van der Waals surface area contributed by atoms with Gasteiger partial charge in [-0.1, -0.05) is 60.7 Å². The first-order valence-electron chi connectivity index (χ1n) is 7.83. The first-order chi connectivity index (χ1) is 11.2. The Hall–Kier alpha value is -2.62. The molecule has 2 heterocycles. The van der Waals surface area contributed by atoms with Crippen molar-refractivity contribution in [2.75, 3.05) is 6.61 Å². The van der Waals surface area contributed by atoms with E-state index in [-0.39, 0.29) is 24.5 Å². The predicted octanol–water partition coefficient (Wildman–Crippen LogP) is 2.80. The van der Waals surface area contributed by atoms with Crippen LogP contribution in [0.1, 0.15) is 30.0 Å². The number of rotatable bonds is 2. The zero-order chi connectivity index (χ0) is 15.9. The summed E-state index contributed by atoms with van der Waals surface area (Å²) in [5.74, 6) is -0.305. The molecule has 2 aromatic rings. The van der Waals surface area contributed by atoms with Crippen molar-refractivity contribution < 1.29 is 14.3 Å². The molecule has 2 aliphatic heterocycles. The number of cyclic esters (lactones) is 1. The van der Waals surface area contributed by atoms with Crippen LogP contribution >= 0.6 is 0 Å². The third-order valence-electron chi connectivity index (χ3n) is 4.84. The third kappa shape index (κ3) is 1.98. The van der Waals surface area contributed by atoms with Gasteiger partial charge in [0.15, 0.2) is 5.54 Å².